The van der Waals surface area contributed by atoms with Gasteiger partial charge in [-0.15, -0.1) is 0 Å². The van der Waals surface area contributed by atoms with Crippen molar-refractivity contribution < 1.29 is 14.3 Å². The van der Waals surface area contributed by atoms with E-state index in [1.165, 1.54) is 6.20 Å². The molecule has 2 aromatic rings. The maximum Gasteiger partial charge on any atom is 0.255 e. The van der Waals surface area contributed by atoms with Crippen LogP contribution in [0.2, 0.25) is 0 Å². The molecule has 1 unspecified atom stereocenters. The van der Waals surface area contributed by atoms with Crippen LogP contribution in [0.15, 0.2) is 42.6 Å². The predicted octanol–water partition coefficient (Wildman–Crippen LogP) is 2.32. The minimum Gasteiger partial charge on any atom is -0.473 e. The Kier molecular flexibility index (Phi) is 5.00. The molecule has 24 heavy (non-hydrogen) atoms. The summed E-state index contributed by atoms with van der Waals surface area (Å²) in [4.78, 5) is 28.0. The van der Waals surface area contributed by atoms with Crippen molar-refractivity contribution in [3.05, 3.63) is 53.7 Å². The van der Waals surface area contributed by atoms with Gasteiger partial charge in [0, 0.05) is 23.6 Å². The van der Waals surface area contributed by atoms with Gasteiger partial charge in [0.1, 0.15) is 6.10 Å². The number of ether oxygens (including phenoxy) is 1. The first kappa shape index (κ1) is 16.3. The number of nitrogens with zero attached hydrogens (tertiary/aromatic N) is 1. The standard InChI is InChI=1S/C17H17N3O3S/c18-16(21)13-3-1-2-4-14(13)20-17(22)11-5-7-19-15(9-11)23-12-6-8-24-10-12/h1-5,7,9,12H,6,8,10H2,(H2,18,21)(H,20,22). The van der Waals surface area contributed by atoms with E-state index in [1.807, 2.05) is 11.8 Å². The molecule has 1 aromatic heterocycles. The summed E-state index contributed by atoms with van der Waals surface area (Å²) < 4.78 is 5.79. The molecule has 0 aliphatic carbocycles. The number of pyridine rings is 1. The van der Waals surface area contributed by atoms with Gasteiger partial charge in [-0.2, -0.15) is 11.8 Å². The smallest absolute Gasteiger partial charge is 0.255 e. The zero-order chi connectivity index (χ0) is 16.9. The van der Waals surface area contributed by atoms with Gasteiger partial charge in [0.2, 0.25) is 5.88 Å². The van der Waals surface area contributed by atoms with Gasteiger partial charge in [0.15, 0.2) is 0 Å². The van der Waals surface area contributed by atoms with E-state index in [1.54, 1.807) is 36.4 Å². The Balaban J connectivity index is 1.74. The van der Waals surface area contributed by atoms with Gasteiger partial charge in [-0.05, 0) is 30.4 Å². The van der Waals surface area contributed by atoms with Gasteiger partial charge in [-0.3, -0.25) is 9.59 Å². The van der Waals surface area contributed by atoms with Gasteiger partial charge in [-0.25, -0.2) is 4.98 Å². The number of benzene rings is 1. The van der Waals surface area contributed by atoms with Gasteiger partial charge >= 0.3 is 0 Å². The minimum absolute atomic E-state index is 0.136. The van der Waals surface area contributed by atoms with Crippen LogP contribution in [0.1, 0.15) is 27.1 Å². The summed E-state index contributed by atoms with van der Waals surface area (Å²) in [5.41, 5.74) is 6.37. The normalized spacial score (nSPS) is 16.6. The van der Waals surface area contributed by atoms with Gasteiger partial charge in [-0.1, -0.05) is 12.1 Å². The molecule has 3 rings (SSSR count). The fraction of sp³-hybridized carbons (Fsp3) is 0.235. The second-order valence-electron chi connectivity index (χ2n) is 5.35. The Morgan fingerprint density at radius 2 is 2.12 bits per heavy atom. The molecule has 3 N–H and O–H groups in total. The van der Waals surface area contributed by atoms with Crippen LogP contribution >= 0.6 is 11.8 Å². The first-order valence-electron chi connectivity index (χ1n) is 7.54. The molecule has 0 saturated carbocycles. The van der Waals surface area contributed by atoms with Crippen LogP contribution in [0.25, 0.3) is 0 Å². The molecule has 0 bridgehead atoms. The van der Waals surface area contributed by atoms with E-state index in [0.29, 0.717) is 17.1 Å². The maximum absolute atomic E-state index is 12.4. The third-order valence-electron chi connectivity index (χ3n) is 3.61. The van der Waals surface area contributed by atoms with E-state index in [9.17, 15) is 9.59 Å². The van der Waals surface area contributed by atoms with E-state index >= 15 is 0 Å². The van der Waals surface area contributed by atoms with Crippen LogP contribution in [0.3, 0.4) is 0 Å². The number of amides is 2. The summed E-state index contributed by atoms with van der Waals surface area (Å²) in [6, 6.07) is 9.81. The first-order valence-corrected chi connectivity index (χ1v) is 8.69. The number of carbonyl (C=O) groups is 2. The molecular weight excluding hydrogens is 326 g/mol. The number of nitrogens with two attached hydrogens (primary N) is 1. The molecule has 7 heteroatoms. The summed E-state index contributed by atoms with van der Waals surface area (Å²) in [5.74, 6) is 1.50. The number of carbonyl (C=O) groups excluding carboxylic acids is 2. The molecule has 0 spiro atoms. The van der Waals surface area contributed by atoms with Crippen LogP contribution in [0.4, 0.5) is 5.69 Å². The van der Waals surface area contributed by atoms with Gasteiger partial charge in [0.05, 0.1) is 11.3 Å². The Morgan fingerprint density at radius 3 is 2.88 bits per heavy atom. The zero-order valence-electron chi connectivity index (χ0n) is 12.9. The number of nitrogens with one attached hydrogen (secondary N) is 1. The topological polar surface area (TPSA) is 94.3 Å². The number of hydrogen-bond acceptors (Lipinski definition) is 5. The van der Waals surface area contributed by atoms with E-state index in [0.717, 1.165) is 17.9 Å². The first-order chi connectivity index (χ1) is 11.6. The third-order valence-corrected chi connectivity index (χ3v) is 4.74. The number of anilines is 1. The van der Waals surface area contributed by atoms with Crippen LogP contribution in [-0.2, 0) is 0 Å². The largest absolute Gasteiger partial charge is 0.473 e. The number of para-hydroxylation sites is 1. The Labute approximate surface area is 143 Å². The highest BCUT2D eigenvalue weighted by atomic mass is 32.2. The molecule has 1 fully saturated rings. The fourth-order valence-corrected chi connectivity index (χ4v) is 3.49. The maximum atomic E-state index is 12.4. The van der Waals surface area contributed by atoms with E-state index in [4.69, 9.17) is 10.5 Å². The number of thioether (sulfide) groups is 1. The Bertz CT molecular complexity index is 760. The minimum atomic E-state index is -0.594. The molecule has 1 aromatic carbocycles. The third kappa shape index (κ3) is 3.86. The number of hydrogen-bond donors (Lipinski definition) is 2. The molecular formula is C17H17N3O3S. The van der Waals surface area contributed by atoms with Crippen LogP contribution in [0.5, 0.6) is 5.88 Å². The van der Waals surface area contributed by atoms with Gasteiger partial charge < -0.3 is 15.8 Å². The number of rotatable bonds is 5. The van der Waals surface area contributed by atoms with Crippen LogP contribution < -0.4 is 15.8 Å². The predicted molar refractivity (Wildman–Crippen MR) is 93.5 cm³/mol. The molecule has 2 heterocycles. The molecule has 2 amide bonds. The summed E-state index contributed by atoms with van der Waals surface area (Å²) in [6.07, 6.45) is 2.65. The van der Waals surface area contributed by atoms with E-state index < -0.39 is 5.91 Å². The second kappa shape index (κ2) is 7.35. The van der Waals surface area contributed by atoms with E-state index in [2.05, 4.69) is 10.3 Å². The Morgan fingerprint density at radius 1 is 1.29 bits per heavy atom. The van der Waals surface area contributed by atoms with Crippen molar-refractivity contribution in [1.29, 1.82) is 0 Å². The monoisotopic (exact) mass is 343 g/mol. The molecule has 124 valence electrons. The summed E-state index contributed by atoms with van der Waals surface area (Å²) in [7, 11) is 0. The highest BCUT2D eigenvalue weighted by Crippen LogP contribution is 2.23. The summed E-state index contributed by atoms with van der Waals surface area (Å²) in [5, 5.41) is 2.70. The van der Waals surface area contributed by atoms with Crippen molar-refractivity contribution in [2.24, 2.45) is 5.73 Å². The average Bonchev–Trinajstić information content (AvgIpc) is 3.08. The molecule has 1 aliphatic rings. The lowest BCUT2D eigenvalue weighted by Crippen LogP contribution is -2.19. The molecule has 1 saturated heterocycles. The Hall–Kier alpha value is -2.54. The van der Waals surface area contributed by atoms with Crippen molar-refractivity contribution in [1.82, 2.24) is 4.98 Å². The van der Waals surface area contributed by atoms with Gasteiger partial charge in [0.25, 0.3) is 11.8 Å². The lowest BCUT2D eigenvalue weighted by atomic mass is 10.1. The second-order valence-corrected chi connectivity index (χ2v) is 6.50. The van der Waals surface area contributed by atoms with Crippen LogP contribution in [0, 0.1) is 0 Å². The SMILES string of the molecule is NC(=O)c1ccccc1NC(=O)c1ccnc(OC2CCSC2)c1. The van der Waals surface area contributed by atoms with E-state index in [-0.39, 0.29) is 17.6 Å². The number of primary amides is 1. The lowest BCUT2D eigenvalue weighted by Gasteiger charge is -2.12. The molecule has 1 atom stereocenters. The quantitative estimate of drug-likeness (QED) is 0.869. The highest BCUT2D eigenvalue weighted by Gasteiger charge is 2.18. The highest BCUT2D eigenvalue weighted by molar-refractivity contribution is 7.99. The molecule has 0 radical (unpaired) electrons. The van der Waals surface area contributed by atoms with Crippen molar-refractivity contribution in [3.63, 3.8) is 0 Å². The fourth-order valence-electron chi connectivity index (χ4n) is 2.39. The van der Waals surface area contributed by atoms with Crippen molar-refractivity contribution in [3.8, 4) is 5.88 Å². The van der Waals surface area contributed by atoms with Crippen molar-refractivity contribution in [2.45, 2.75) is 12.5 Å². The molecule has 1 aliphatic heterocycles. The average molecular weight is 343 g/mol. The van der Waals surface area contributed by atoms with Crippen LogP contribution in [-0.4, -0.2) is 34.4 Å². The lowest BCUT2D eigenvalue weighted by molar-refractivity contribution is 0.100. The summed E-state index contributed by atoms with van der Waals surface area (Å²) >= 11 is 1.84. The van der Waals surface area contributed by atoms with Crippen molar-refractivity contribution >= 4 is 29.3 Å². The zero-order valence-corrected chi connectivity index (χ0v) is 13.7. The summed E-state index contributed by atoms with van der Waals surface area (Å²) in [6.45, 7) is 0. The molecule has 6 nitrogen and oxygen atoms in total. The van der Waals surface area contributed by atoms with Crippen molar-refractivity contribution in [2.75, 3.05) is 16.8 Å². The number of aromatic nitrogens is 1.